The first-order valence-electron chi connectivity index (χ1n) is 7.94. The monoisotopic (exact) mass is 333 g/mol. The molecule has 2 aromatic rings. The molecule has 0 amide bonds. The molecule has 4 heteroatoms. The van der Waals surface area contributed by atoms with E-state index in [9.17, 15) is 0 Å². The largest absolute Gasteiger partial charge is 0.490 e. The smallest absolute Gasteiger partial charge is 0.179 e. The summed E-state index contributed by atoms with van der Waals surface area (Å²) in [4.78, 5) is 0. The molecule has 0 aliphatic carbocycles. The lowest BCUT2D eigenvalue weighted by molar-refractivity contribution is 0.287. The maximum atomic E-state index is 6.35. The topological polar surface area (TPSA) is 30.5 Å². The molecule has 1 N–H and O–H groups in total. The van der Waals surface area contributed by atoms with Crippen LogP contribution in [0.15, 0.2) is 30.3 Å². The third kappa shape index (κ3) is 4.55. The summed E-state index contributed by atoms with van der Waals surface area (Å²) in [6.07, 6.45) is 0. The highest BCUT2D eigenvalue weighted by Crippen LogP contribution is 2.37. The first-order valence-corrected chi connectivity index (χ1v) is 8.32. The molecular formula is C19H24ClNO2. The predicted molar refractivity (Wildman–Crippen MR) is 97.0 cm³/mol. The van der Waals surface area contributed by atoms with E-state index in [4.69, 9.17) is 21.1 Å². The highest BCUT2D eigenvalue weighted by molar-refractivity contribution is 6.32. The van der Waals surface area contributed by atoms with Gasteiger partial charge in [-0.25, -0.2) is 0 Å². The average molecular weight is 334 g/mol. The van der Waals surface area contributed by atoms with E-state index in [0.29, 0.717) is 36.3 Å². The van der Waals surface area contributed by atoms with Crippen molar-refractivity contribution in [2.24, 2.45) is 0 Å². The Morgan fingerprint density at radius 1 is 1.00 bits per heavy atom. The number of hydrogen-bond donors (Lipinski definition) is 1. The second-order valence-electron chi connectivity index (χ2n) is 5.44. The minimum atomic E-state index is 0.555. The molecule has 0 saturated carbocycles. The van der Waals surface area contributed by atoms with E-state index in [1.165, 1.54) is 11.1 Å². The Bertz CT molecular complexity index is 671. The van der Waals surface area contributed by atoms with Crippen LogP contribution in [0.1, 0.15) is 30.5 Å². The van der Waals surface area contributed by atoms with Crippen molar-refractivity contribution >= 4 is 17.3 Å². The summed E-state index contributed by atoms with van der Waals surface area (Å²) in [5.41, 5.74) is 4.64. The number of halogens is 1. The van der Waals surface area contributed by atoms with Crippen molar-refractivity contribution in [3.05, 3.63) is 52.0 Å². The van der Waals surface area contributed by atoms with Gasteiger partial charge in [0, 0.05) is 12.2 Å². The van der Waals surface area contributed by atoms with Gasteiger partial charge in [0.05, 0.1) is 18.2 Å². The Kier molecular flexibility index (Phi) is 6.17. The van der Waals surface area contributed by atoms with Crippen LogP contribution in [-0.4, -0.2) is 13.2 Å². The number of aryl methyl sites for hydroxylation is 2. The van der Waals surface area contributed by atoms with Gasteiger partial charge in [-0.15, -0.1) is 0 Å². The zero-order chi connectivity index (χ0) is 16.8. The Morgan fingerprint density at radius 3 is 2.43 bits per heavy atom. The van der Waals surface area contributed by atoms with E-state index in [0.717, 1.165) is 11.3 Å². The molecule has 0 aromatic heterocycles. The van der Waals surface area contributed by atoms with Gasteiger partial charge in [-0.2, -0.15) is 0 Å². The van der Waals surface area contributed by atoms with Crippen molar-refractivity contribution in [1.82, 2.24) is 0 Å². The van der Waals surface area contributed by atoms with Crippen LogP contribution in [0.25, 0.3) is 0 Å². The molecule has 0 aliphatic heterocycles. The van der Waals surface area contributed by atoms with E-state index in [-0.39, 0.29) is 0 Å². The number of ether oxygens (including phenoxy) is 2. The van der Waals surface area contributed by atoms with Crippen LogP contribution >= 0.6 is 11.6 Å². The fraction of sp³-hybridized carbons (Fsp3) is 0.368. The van der Waals surface area contributed by atoms with Gasteiger partial charge < -0.3 is 14.8 Å². The highest BCUT2D eigenvalue weighted by Gasteiger charge is 2.12. The number of hydrogen-bond acceptors (Lipinski definition) is 3. The first-order chi connectivity index (χ1) is 11.0. The van der Waals surface area contributed by atoms with Gasteiger partial charge in [0.15, 0.2) is 11.5 Å². The lowest BCUT2D eigenvalue weighted by Gasteiger charge is -2.15. The Hall–Kier alpha value is -1.87. The van der Waals surface area contributed by atoms with Gasteiger partial charge in [0.2, 0.25) is 0 Å². The lowest BCUT2D eigenvalue weighted by Crippen LogP contribution is -2.04. The van der Waals surface area contributed by atoms with Gasteiger partial charge in [-0.05, 0) is 62.6 Å². The zero-order valence-corrected chi connectivity index (χ0v) is 15.0. The molecule has 0 bridgehead atoms. The lowest BCUT2D eigenvalue weighted by atomic mass is 10.1. The van der Waals surface area contributed by atoms with Gasteiger partial charge >= 0.3 is 0 Å². The number of nitrogens with one attached hydrogen (secondary N) is 1. The Labute approximate surface area is 143 Å². The fourth-order valence-electron chi connectivity index (χ4n) is 2.39. The molecule has 0 spiro atoms. The summed E-state index contributed by atoms with van der Waals surface area (Å²) in [6, 6.07) is 10.3. The van der Waals surface area contributed by atoms with Crippen molar-refractivity contribution in [3.63, 3.8) is 0 Å². The minimum absolute atomic E-state index is 0.555. The summed E-state index contributed by atoms with van der Waals surface area (Å²) in [5, 5.41) is 4.04. The second kappa shape index (κ2) is 8.11. The van der Waals surface area contributed by atoms with E-state index in [2.05, 4.69) is 37.4 Å². The SMILES string of the molecule is CCOc1cc(CNc2cc(C)ccc2C)cc(Cl)c1OCC. The van der Waals surface area contributed by atoms with Crippen molar-refractivity contribution in [2.45, 2.75) is 34.2 Å². The third-order valence-electron chi connectivity index (χ3n) is 3.53. The molecule has 0 radical (unpaired) electrons. The Morgan fingerprint density at radius 2 is 1.74 bits per heavy atom. The molecule has 0 saturated heterocycles. The first kappa shape index (κ1) is 17.5. The van der Waals surface area contributed by atoms with Crippen molar-refractivity contribution in [3.8, 4) is 11.5 Å². The molecule has 0 fully saturated rings. The van der Waals surface area contributed by atoms with E-state index in [1.54, 1.807) is 0 Å². The van der Waals surface area contributed by atoms with Gasteiger partial charge in [0.1, 0.15) is 0 Å². The van der Waals surface area contributed by atoms with E-state index in [1.807, 2.05) is 26.0 Å². The van der Waals surface area contributed by atoms with E-state index >= 15 is 0 Å². The Balaban J connectivity index is 2.21. The van der Waals surface area contributed by atoms with E-state index < -0.39 is 0 Å². The molecule has 0 unspecified atom stereocenters. The molecule has 2 rings (SSSR count). The van der Waals surface area contributed by atoms with Gasteiger partial charge in [-0.1, -0.05) is 23.7 Å². The number of rotatable bonds is 7. The minimum Gasteiger partial charge on any atom is -0.490 e. The molecule has 0 atom stereocenters. The highest BCUT2D eigenvalue weighted by atomic mass is 35.5. The van der Waals surface area contributed by atoms with Crippen LogP contribution in [0.3, 0.4) is 0 Å². The molecule has 0 aliphatic rings. The van der Waals surface area contributed by atoms with Crippen LogP contribution in [0.5, 0.6) is 11.5 Å². The molecule has 3 nitrogen and oxygen atoms in total. The van der Waals surface area contributed by atoms with Crippen molar-refractivity contribution < 1.29 is 9.47 Å². The normalized spacial score (nSPS) is 10.5. The van der Waals surface area contributed by atoms with Gasteiger partial charge in [-0.3, -0.25) is 0 Å². The van der Waals surface area contributed by atoms with Gasteiger partial charge in [0.25, 0.3) is 0 Å². The van der Waals surface area contributed by atoms with Crippen LogP contribution < -0.4 is 14.8 Å². The summed E-state index contributed by atoms with van der Waals surface area (Å²) in [6.45, 7) is 9.87. The molecule has 0 heterocycles. The third-order valence-corrected chi connectivity index (χ3v) is 3.81. The summed E-state index contributed by atoms with van der Waals surface area (Å²) >= 11 is 6.35. The molecular weight excluding hydrogens is 310 g/mol. The summed E-state index contributed by atoms with van der Waals surface area (Å²) < 4.78 is 11.3. The molecule has 2 aromatic carbocycles. The standard InChI is InChI=1S/C19H24ClNO2/c1-5-22-18-11-15(10-16(20)19(18)23-6-2)12-21-17-9-13(3)7-8-14(17)4/h7-11,21H,5-6,12H2,1-4H3. The maximum Gasteiger partial charge on any atom is 0.179 e. The second-order valence-corrected chi connectivity index (χ2v) is 5.85. The quantitative estimate of drug-likeness (QED) is 0.739. The van der Waals surface area contributed by atoms with Crippen LogP contribution in [0.4, 0.5) is 5.69 Å². The average Bonchev–Trinajstić information content (AvgIpc) is 2.52. The van der Waals surface area contributed by atoms with Crippen molar-refractivity contribution in [1.29, 1.82) is 0 Å². The zero-order valence-electron chi connectivity index (χ0n) is 14.2. The van der Waals surface area contributed by atoms with Crippen molar-refractivity contribution in [2.75, 3.05) is 18.5 Å². The maximum absolute atomic E-state index is 6.35. The summed E-state index contributed by atoms with van der Waals surface area (Å²) in [7, 11) is 0. The van der Waals surface area contributed by atoms with Crippen LogP contribution in [0.2, 0.25) is 5.02 Å². The molecule has 23 heavy (non-hydrogen) atoms. The fourth-order valence-corrected chi connectivity index (χ4v) is 2.68. The predicted octanol–water partition coefficient (Wildman–Crippen LogP) is 5.37. The van der Waals surface area contributed by atoms with Crippen LogP contribution in [0, 0.1) is 13.8 Å². The summed E-state index contributed by atoms with van der Waals surface area (Å²) in [5.74, 6) is 1.31. The molecule has 124 valence electrons. The number of benzene rings is 2. The number of anilines is 1. The van der Waals surface area contributed by atoms with Crippen LogP contribution in [-0.2, 0) is 6.54 Å².